The molecule has 2 unspecified atom stereocenters. The number of rotatable bonds is 4. The van der Waals surface area contributed by atoms with E-state index in [-0.39, 0.29) is 12.1 Å². The topological polar surface area (TPSA) is 82.5 Å². The van der Waals surface area contributed by atoms with Gasteiger partial charge in [-0.25, -0.2) is 9.78 Å². The molecule has 2 rings (SSSR count). The van der Waals surface area contributed by atoms with Gasteiger partial charge in [-0.1, -0.05) is 0 Å². The van der Waals surface area contributed by atoms with Crippen molar-refractivity contribution in [2.45, 2.75) is 25.8 Å². The van der Waals surface area contributed by atoms with E-state index >= 15 is 0 Å². The number of hydrogen-bond acceptors (Lipinski definition) is 4. The largest absolute Gasteiger partial charge is 0.481 e. The second kappa shape index (κ2) is 6.01. The highest BCUT2D eigenvalue weighted by Gasteiger charge is 2.37. The van der Waals surface area contributed by atoms with Gasteiger partial charge in [-0.2, -0.15) is 0 Å². The molecule has 104 valence electrons. The zero-order chi connectivity index (χ0) is 13.8. The second-order valence-electron chi connectivity index (χ2n) is 4.63. The van der Waals surface area contributed by atoms with Crippen molar-refractivity contribution >= 4 is 23.3 Å². The van der Waals surface area contributed by atoms with Crippen LogP contribution in [-0.4, -0.2) is 46.1 Å². The molecule has 0 spiro atoms. The van der Waals surface area contributed by atoms with Crippen molar-refractivity contribution in [1.82, 2.24) is 15.2 Å². The van der Waals surface area contributed by atoms with Gasteiger partial charge < -0.3 is 15.3 Å². The molecule has 2 N–H and O–H groups in total. The maximum atomic E-state index is 12.0. The first kappa shape index (κ1) is 13.8. The van der Waals surface area contributed by atoms with E-state index in [1.54, 1.807) is 17.3 Å². The highest BCUT2D eigenvalue weighted by molar-refractivity contribution is 7.07. The number of amides is 2. The van der Waals surface area contributed by atoms with Crippen LogP contribution in [0.2, 0.25) is 0 Å². The third-order valence-electron chi connectivity index (χ3n) is 3.47. The number of aromatic nitrogens is 1. The van der Waals surface area contributed by atoms with Gasteiger partial charge >= 0.3 is 12.0 Å². The van der Waals surface area contributed by atoms with Crippen molar-refractivity contribution in [3.63, 3.8) is 0 Å². The van der Waals surface area contributed by atoms with Crippen molar-refractivity contribution in [2.75, 3.05) is 13.1 Å². The maximum absolute atomic E-state index is 12.0. The summed E-state index contributed by atoms with van der Waals surface area (Å²) in [4.78, 5) is 28.7. The SMILES string of the molecule is CC1C(C(=O)O)CCN1C(=O)NCCc1cscn1. The summed E-state index contributed by atoms with van der Waals surface area (Å²) in [6.45, 7) is 2.80. The Kier molecular flexibility index (Phi) is 4.36. The quantitative estimate of drug-likeness (QED) is 0.869. The van der Waals surface area contributed by atoms with Gasteiger partial charge in [0.1, 0.15) is 0 Å². The van der Waals surface area contributed by atoms with E-state index in [9.17, 15) is 9.59 Å². The predicted octanol–water partition coefficient (Wildman–Crippen LogP) is 1.19. The molecule has 1 saturated heterocycles. The summed E-state index contributed by atoms with van der Waals surface area (Å²) in [5.41, 5.74) is 2.72. The normalized spacial score (nSPS) is 22.5. The van der Waals surface area contributed by atoms with Crippen LogP contribution in [-0.2, 0) is 11.2 Å². The summed E-state index contributed by atoms with van der Waals surface area (Å²) in [5.74, 6) is -1.28. The van der Waals surface area contributed by atoms with Gasteiger partial charge in [-0.15, -0.1) is 11.3 Å². The van der Waals surface area contributed by atoms with Gasteiger partial charge in [-0.05, 0) is 13.3 Å². The Morgan fingerprint density at radius 1 is 1.63 bits per heavy atom. The number of carboxylic acids is 1. The fourth-order valence-corrected chi connectivity index (χ4v) is 2.91. The number of nitrogens with zero attached hydrogens (tertiary/aromatic N) is 2. The molecule has 1 aromatic rings. The molecule has 0 saturated carbocycles. The molecule has 0 radical (unpaired) electrons. The average molecular weight is 283 g/mol. The lowest BCUT2D eigenvalue weighted by Crippen LogP contribution is -2.44. The van der Waals surface area contributed by atoms with E-state index in [1.165, 1.54) is 11.3 Å². The fraction of sp³-hybridized carbons (Fsp3) is 0.583. The Morgan fingerprint density at radius 2 is 2.42 bits per heavy atom. The van der Waals surface area contributed by atoms with E-state index in [0.717, 1.165) is 5.69 Å². The molecular formula is C12H17N3O3S. The smallest absolute Gasteiger partial charge is 0.317 e. The first-order valence-electron chi connectivity index (χ1n) is 6.24. The lowest BCUT2D eigenvalue weighted by Gasteiger charge is -2.23. The van der Waals surface area contributed by atoms with Crippen LogP contribution >= 0.6 is 11.3 Å². The summed E-state index contributed by atoms with van der Waals surface area (Å²) < 4.78 is 0. The monoisotopic (exact) mass is 283 g/mol. The number of urea groups is 1. The standard InChI is InChI=1S/C12H17N3O3S/c1-8-10(11(16)17)3-5-15(8)12(18)13-4-2-9-6-19-7-14-9/h6-8,10H,2-5H2,1H3,(H,13,18)(H,16,17). The van der Waals surface area contributed by atoms with E-state index < -0.39 is 11.9 Å². The Bertz CT molecular complexity index is 449. The van der Waals surface area contributed by atoms with Crippen LogP contribution in [0.3, 0.4) is 0 Å². The van der Waals surface area contributed by atoms with Crippen LogP contribution in [0, 0.1) is 5.92 Å². The molecular weight excluding hydrogens is 266 g/mol. The molecule has 0 bridgehead atoms. The van der Waals surface area contributed by atoms with Crippen LogP contribution in [0.15, 0.2) is 10.9 Å². The molecule has 1 fully saturated rings. The van der Waals surface area contributed by atoms with Crippen LogP contribution in [0.5, 0.6) is 0 Å². The zero-order valence-corrected chi connectivity index (χ0v) is 11.5. The van der Waals surface area contributed by atoms with Crippen LogP contribution < -0.4 is 5.32 Å². The number of carbonyl (C=O) groups excluding carboxylic acids is 1. The third-order valence-corrected chi connectivity index (χ3v) is 4.11. The molecule has 0 aliphatic carbocycles. The maximum Gasteiger partial charge on any atom is 0.317 e. The van der Waals surface area contributed by atoms with Crippen molar-refractivity contribution < 1.29 is 14.7 Å². The summed E-state index contributed by atoms with van der Waals surface area (Å²) in [6, 6.07) is -0.441. The molecule has 2 atom stereocenters. The van der Waals surface area contributed by atoms with Gasteiger partial charge in [-0.3, -0.25) is 4.79 Å². The number of carboxylic acid groups (broad SMARTS) is 1. The minimum Gasteiger partial charge on any atom is -0.481 e. The predicted molar refractivity (Wildman–Crippen MR) is 71.1 cm³/mol. The Balaban J connectivity index is 1.79. The van der Waals surface area contributed by atoms with Crippen LogP contribution in [0.25, 0.3) is 0 Å². The Labute approximate surface area is 115 Å². The van der Waals surface area contributed by atoms with Gasteiger partial charge in [0.2, 0.25) is 0 Å². The Morgan fingerprint density at radius 3 is 3.00 bits per heavy atom. The van der Waals surface area contributed by atoms with E-state index in [1.807, 2.05) is 5.38 Å². The van der Waals surface area contributed by atoms with E-state index in [4.69, 9.17) is 5.11 Å². The van der Waals surface area contributed by atoms with Gasteiger partial charge in [0.15, 0.2) is 0 Å². The van der Waals surface area contributed by atoms with Crippen LogP contribution in [0.4, 0.5) is 4.79 Å². The summed E-state index contributed by atoms with van der Waals surface area (Å²) in [6.07, 6.45) is 1.22. The number of likely N-dealkylation sites (tertiary alicyclic amines) is 1. The number of nitrogens with one attached hydrogen (secondary N) is 1. The van der Waals surface area contributed by atoms with Crippen molar-refractivity contribution in [2.24, 2.45) is 5.92 Å². The molecule has 1 aliphatic heterocycles. The van der Waals surface area contributed by atoms with E-state index in [2.05, 4.69) is 10.3 Å². The zero-order valence-electron chi connectivity index (χ0n) is 10.7. The van der Waals surface area contributed by atoms with Crippen molar-refractivity contribution in [3.8, 4) is 0 Å². The molecule has 6 nitrogen and oxygen atoms in total. The number of carbonyl (C=O) groups is 2. The van der Waals surface area contributed by atoms with Crippen molar-refractivity contribution in [3.05, 3.63) is 16.6 Å². The summed E-state index contributed by atoms with van der Waals surface area (Å²) >= 11 is 1.53. The van der Waals surface area contributed by atoms with E-state index in [0.29, 0.717) is 25.9 Å². The number of aliphatic carboxylic acids is 1. The van der Waals surface area contributed by atoms with Gasteiger partial charge in [0.05, 0.1) is 17.1 Å². The fourth-order valence-electron chi connectivity index (χ4n) is 2.32. The average Bonchev–Trinajstić information content (AvgIpc) is 2.98. The molecule has 0 aromatic carbocycles. The first-order valence-corrected chi connectivity index (χ1v) is 7.18. The third kappa shape index (κ3) is 3.23. The van der Waals surface area contributed by atoms with Gasteiger partial charge in [0, 0.05) is 30.9 Å². The first-order chi connectivity index (χ1) is 9.09. The minimum absolute atomic E-state index is 0.188. The number of thiazole rings is 1. The highest BCUT2D eigenvalue weighted by atomic mass is 32.1. The summed E-state index contributed by atoms with van der Waals surface area (Å²) in [5, 5.41) is 13.8. The minimum atomic E-state index is -0.828. The lowest BCUT2D eigenvalue weighted by atomic mass is 10.0. The molecule has 1 aromatic heterocycles. The Hall–Kier alpha value is -1.63. The molecule has 7 heteroatoms. The molecule has 2 amide bonds. The number of hydrogen-bond donors (Lipinski definition) is 2. The second-order valence-corrected chi connectivity index (χ2v) is 5.35. The molecule has 2 heterocycles. The highest BCUT2D eigenvalue weighted by Crippen LogP contribution is 2.24. The summed E-state index contributed by atoms with van der Waals surface area (Å²) in [7, 11) is 0. The molecule has 19 heavy (non-hydrogen) atoms. The molecule has 1 aliphatic rings. The lowest BCUT2D eigenvalue weighted by molar-refractivity contribution is -0.142. The van der Waals surface area contributed by atoms with Gasteiger partial charge in [0.25, 0.3) is 0 Å². The van der Waals surface area contributed by atoms with Crippen LogP contribution in [0.1, 0.15) is 19.0 Å². The van der Waals surface area contributed by atoms with Crippen molar-refractivity contribution in [1.29, 1.82) is 0 Å².